The maximum absolute atomic E-state index is 8.34. The van der Waals surface area contributed by atoms with Gasteiger partial charge in [-0.3, -0.25) is 0 Å². The van der Waals surface area contributed by atoms with E-state index in [-0.39, 0.29) is 6.23 Å². The number of azide groups is 1. The molecule has 6 nitrogen and oxygen atoms in total. The van der Waals surface area contributed by atoms with Crippen LogP contribution in [0.5, 0.6) is 0 Å². The number of hydrogen-bond donors (Lipinski definition) is 0. The van der Waals surface area contributed by atoms with Crippen molar-refractivity contribution in [3.8, 4) is 0 Å². The Morgan fingerprint density at radius 1 is 1.47 bits per heavy atom. The highest BCUT2D eigenvalue weighted by atomic mass is 16.5. The molecule has 3 rings (SSSR count). The standard InChI is InChI=1S/C13H15N5O/c14-17-16-8-10-4-5-12-11(7-10)15-9-18(12)13-3-1-2-6-19-13/h4-5,7,9,13H,1-3,6,8H2. The summed E-state index contributed by atoms with van der Waals surface area (Å²) in [6, 6.07) is 5.95. The monoisotopic (exact) mass is 257 g/mol. The molecular formula is C13H15N5O. The minimum atomic E-state index is 0.0988. The van der Waals surface area contributed by atoms with Crippen LogP contribution in [0.4, 0.5) is 0 Å². The SMILES string of the molecule is [N-]=[N+]=NCc1ccc2c(c1)ncn2C1CCCCO1. The van der Waals surface area contributed by atoms with Crippen molar-refractivity contribution in [2.24, 2.45) is 5.11 Å². The predicted molar refractivity (Wildman–Crippen MR) is 71.4 cm³/mol. The summed E-state index contributed by atoms with van der Waals surface area (Å²) in [7, 11) is 0. The van der Waals surface area contributed by atoms with Crippen molar-refractivity contribution in [2.45, 2.75) is 32.0 Å². The lowest BCUT2D eigenvalue weighted by Crippen LogP contribution is -2.17. The van der Waals surface area contributed by atoms with Gasteiger partial charge >= 0.3 is 0 Å². The Morgan fingerprint density at radius 3 is 3.21 bits per heavy atom. The molecule has 0 N–H and O–H groups in total. The lowest BCUT2D eigenvalue weighted by atomic mass is 10.1. The molecule has 1 aromatic heterocycles. The lowest BCUT2D eigenvalue weighted by Gasteiger charge is -2.24. The molecule has 2 heterocycles. The molecule has 98 valence electrons. The zero-order chi connectivity index (χ0) is 13.1. The third-order valence-electron chi connectivity index (χ3n) is 3.42. The highest BCUT2D eigenvalue weighted by molar-refractivity contribution is 5.76. The molecule has 2 aromatic rings. The van der Waals surface area contributed by atoms with E-state index in [1.165, 1.54) is 6.42 Å². The summed E-state index contributed by atoms with van der Waals surface area (Å²) in [4.78, 5) is 7.18. The second-order valence-corrected chi connectivity index (χ2v) is 4.69. The van der Waals surface area contributed by atoms with Crippen molar-refractivity contribution in [3.63, 3.8) is 0 Å². The molecule has 0 bridgehead atoms. The van der Waals surface area contributed by atoms with E-state index in [0.29, 0.717) is 6.54 Å². The minimum Gasteiger partial charge on any atom is -0.358 e. The first-order chi connectivity index (χ1) is 9.38. The van der Waals surface area contributed by atoms with E-state index in [1.54, 1.807) is 0 Å². The minimum absolute atomic E-state index is 0.0988. The van der Waals surface area contributed by atoms with Gasteiger partial charge in [-0.05, 0) is 42.5 Å². The average molecular weight is 257 g/mol. The van der Waals surface area contributed by atoms with E-state index in [2.05, 4.69) is 19.6 Å². The molecule has 0 aliphatic carbocycles. The van der Waals surface area contributed by atoms with E-state index >= 15 is 0 Å². The van der Waals surface area contributed by atoms with Crippen molar-refractivity contribution in [2.75, 3.05) is 6.61 Å². The topological polar surface area (TPSA) is 75.8 Å². The molecule has 1 atom stereocenters. The zero-order valence-corrected chi connectivity index (χ0v) is 10.6. The summed E-state index contributed by atoms with van der Waals surface area (Å²) in [5, 5.41) is 3.57. The molecule has 0 saturated carbocycles. The number of ether oxygens (including phenoxy) is 1. The largest absolute Gasteiger partial charge is 0.358 e. The zero-order valence-electron chi connectivity index (χ0n) is 10.6. The van der Waals surface area contributed by atoms with Gasteiger partial charge < -0.3 is 9.30 Å². The fraction of sp³-hybridized carbons (Fsp3) is 0.462. The first-order valence-corrected chi connectivity index (χ1v) is 6.46. The number of fused-ring (bicyclic) bond motifs is 1. The maximum Gasteiger partial charge on any atom is 0.135 e. The second-order valence-electron chi connectivity index (χ2n) is 4.69. The van der Waals surface area contributed by atoms with Crippen LogP contribution < -0.4 is 0 Å². The molecule has 1 saturated heterocycles. The van der Waals surface area contributed by atoms with Crippen LogP contribution in [0.2, 0.25) is 0 Å². The Hall–Kier alpha value is -2.04. The molecule has 1 unspecified atom stereocenters. The van der Waals surface area contributed by atoms with E-state index in [9.17, 15) is 0 Å². The maximum atomic E-state index is 8.34. The van der Waals surface area contributed by atoms with E-state index in [0.717, 1.165) is 36.0 Å². The summed E-state index contributed by atoms with van der Waals surface area (Å²) in [5.41, 5.74) is 11.3. The van der Waals surface area contributed by atoms with Crippen LogP contribution in [0.15, 0.2) is 29.6 Å². The first-order valence-electron chi connectivity index (χ1n) is 6.46. The van der Waals surface area contributed by atoms with Crippen LogP contribution in [0.1, 0.15) is 31.1 Å². The number of benzene rings is 1. The van der Waals surface area contributed by atoms with Crippen molar-refractivity contribution in [3.05, 3.63) is 40.5 Å². The highest BCUT2D eigenvalue weighted by Gasteiger charge is 2.17. The Labute approximate surface area is 110 Å². The van der Waals surface area contributed by atoms with Crippen LogP contribution >= 0.6 is 0 Å². The van der Waals surface area contributed by atoms with Crippen LogP contribution in [0.3, 0.4) is 0 Å². The fourth-order valence-electron chi connectivity index (χ4n) is 2.46. The van der Waals surface area contributed by atoms with Gasteiger partial charge in [0.25, 0.3) is 0 Å². The summed E-state index contributed by atoms with van der Waals surface area (Å²) >= 11 is 0. The highest BCUT2D eigenvalue weighted by Crippen LogP contribution is 2.26. The molecule has 1 aromatic carbocycles. The Morgan fingerprint density at radius 2 is 2.42 bits per heavy atom. The Balaban J connectivity index is 1.92. The molecule has 19 heavy (non-hydrogen) atoms. The molecule has 0 radical (unpaired) electrons. The van der Waals surface area contributed by atoms with Gasteiger partial charge in [-0.1, -0.05) is 11.2 Å². The molecule has 1 aliphatic heterocycles. The predicted octanol–water partition coefficient (Wildman–Crippen LogP) is 3.55. The molecule has 0 spiro atoms. The Kier molecular flexibility index (Phi) is 3.35. The van der Waals surface area contributed by atoms with Gasteiger partial charge in [-0.15, -0.1) is 0 Å². The van der Waals surface area contributed by atoms with Crippen molar-refractivity contribution < 1.29 is 4.74 Å². The number of nitrogens with zero attached hydrogens (tertiary/aromatic N) is 5. The smallest absolute Gasteiger partial charge is 0.135 e. The van der Waals surface area contributed by atoms with Gasteiger partial charge in [0.1, 0.15) is 6.23 Å². The average Bonchev–Trinajstić information content (AvgIpc) is 2.89. The van der Waals surface area contributed by atoms with Crippen molar-refractivity contribution in [1.82, 2.24) is 9.55 Å². The van der Waals surface area contributed by atoms with Gasteiger partial charge in [-0.2, -0.15) is 0 Å². The molecular weight excluding hydrogens is 242 g/mol. The van der Waals surface area contributed by atoms with Crippen LogP contribution in [0.25, 0.3) is 21.5 Å². The summed E-state index contributed by atoms with van der Waals surface area (Å²) < 4.78 is 7.87. The van der Waals surface area contributed by atoms with Gasteiger partial charge in [-0.25, -0.2) is 4.98 Å². The van der Waals surface area contributed by atoms with E-state index < -0.39 is 0 Å². The number of rotatable bonds is 3. The van der Waals surface area contributed by atoms with Crippen LogP contribution in [0, 0.1) is 0 Å². The normalized spacial score (nSPS) is 19.3. The van der Waals surface area contributed by atoms with Gasteiger partial charge in [0.05, 0.1) is 23.9 Å². The fourth-order valence-corrected chi connectivity index (χ4v) is 2.46. The van der Waals surface area contributed by atoms with Crippen molar-refractivity contribution in [1.29, 1.82) is 0 Å². The molecule has 1 aliphatic rings. The summed E-state index contributed by atoms with van der Waals surface area (Å²) in [5.74, 6) is 0. The molecule has 1 fully saturated rings. The van der Waals surface area contributed by atoms with Crippen molar-refractivity contribution >= 4 is 11.0 Å². The number of aromatic nitrogens is 2. The van der Waals surface area contributed by atoms with Gasteiger partial charge in [0.15, 0.2) is 0 Å². The van der Waals surface area contributed by atoms with Crippen LogP contribution in [-0.2, 0) is 11.3 Å². The third kappa shape index (κ3) is 2.41. The van der Waals surface area contributed by atoms with E-state index in [4.69, 9.17) is 10.3 Å². The molecule has 0 amide bonds. The van der Waals surface area contributed by atoms with Crippen LogP contribution in [-0.4, -0.2) is 16.2 Å². The number of imidazole rings is 1. The second kappa shape index (κ2) is 5.30. The first kappa shape index (κ1) is 12.0. The summed E-state index contributed by atoms with van der Waals surface area (Å²) in [6.45, 7) is 1.18. The third-order valence-corrected chi connectivity index (χ3v) is 3.42. The quantitative estimate of drug-likeness (QED) is 0.479. The van der Waals surface area contributed by atoms with Gasteiger partial charge in [0, 0.05) is 11.5 Å². The van der Waals surface area contributed by atoms with E-state index in [1.807, 2.05) is 24.5 Å². The lowest BCUT2D eigenvalue weighted by molar-refractivity contribution is -0.0295. The van der Waals surface area contributed by atoms with Gasteiger partial charge in [0.2, 0.25) is 0 Å². The molecule has 6 heteroatoms. The Bertz CT molecular complexity index is 623. The number of hydrogen-bond acceptors (Lipinski definition) is 3. The summed E-state index contributed by atoms with van der Waals surface area (Å²) in [6.07, 6.45) is 5.30.